The highest BCUT2D eigenvalue weighted by Gasteiger charge is 2.58. The van der Waals surface area contributed by atoms with Crippen molar-refractivity contribution in [3.8, 4) is 11.5 Å². The summed E-state index contributed by atoms with van der Waals surface area (Å²) < 4.78 is 24.4. The van der Waals surface area contributed by atoms with E-state index in [1.54, 1.807) is 0 Å². The predicted molar refractivity (Wildman–Crippen MR) is 379 cm³/mol. The van der Waals surface area contributed by atoms with Gasteiger partial charge in [-0.05, 0) is 266 Å². The Balaban J connectivity index is 0.000000139. The maximum Gasteiger partial charge on any atom is 0.344 e. The van der Waals surface area contributed by atoms with Crippen molar-refractivity contribution < 1.29 is 28.5 Å². The van der Waals surface area contributed by atoms with Crippen LogP contribution in [0.5, 0.6) is 11.5 Å². The third kappa shape index (κ3) is 14.9. The first-order chi connectivity index (χ1) is 44.8. The molecule has 8 aliphatic carbocycles. The highest BCUT2D eigenvalue weighted by molar-refractivity contribution is 7.97. The third-order valence-electron chi connectivity index (χ3n) is 20.7. The highest BCUT2D eigenvalue weighted by Crippen LogP contribution is 2.61. The molecule has 9 aromatic rings. The van der Waals surface area contributed by atoms with Crippen LogP contribution in [0, 0.1) is 68.1 Å². The Morgan fingerprint density at radius 3 is 0.903 bits per heavy atom. The van der Waals surface area contributed by atoms with Crippen LogP contribution in [-0.4, -0.2) is 36.4 Å². The summed E-state index contributed by atoms with van der Waals surface area (Å²) in [6.07, 6.45) is 12.6. The molecule has 17 rings (SSSR count). The third-order valence-corrected chi connectivity index (χ3v) is 27.4. The first-order valence-electron chi connectivity index (χ1n) is 33.3. The summed E-state index contributed by atoms with van der Waals surface area (Å²) in [5.41, 5.74) is 2.78. The van der Waals surface area contributed by atoms with Gasteiger partial charge < -0.3 is 18.9 Å². The number of ether oxygens (including phenoxy) is 4. The maximum atomic E-state index is 13.0. The van der Waals surface area contributed by atoms with Crippen molar-refractivity contribution in [3.63, 3.8) is 0 Å². The van der Waals surface area contributed by atoms with Crippen LogP contribution in [-0.2, 0) is 51.7 Å². The molecule has 0 spiro atoms. The molecular weight excluding hydrogens is 1200 g/mol. The molecular formula is C84H91O6S3+3. The molecule has 0 saturated heterocycles. The Morgan fingerprint density at radius 1 is 0.344 bits per heavy atom. The van der Waals surface area contributed by atoms with Crippen LogP contribution in [0.2, 0.25) is 0 Å². The second-order valence-corrected chi connectivity index (χ2v) is 33.0. The zero-order valence-electron chi connectivity index (χ0n) is 53.9. The van der Waals surface area contributed by atoms with Gasteiger partial charge in [0.15, 0.2) is 57.3 Å². The molecule has 478 valence electrons. The fourth-order valence-corrected chi connectivity index (χ4v) is 23.0. The van der Waals surface area contributed by atoms with E-state index in [2.05, 4.69) is 265 Å². The van der Waals surface area contributed by atoms with Crippen LogP contribution >= 0.6 is 0 Å². The van der Waals surface area contributed by atoms with Gasteiger partial charge in [0.1, 0.15) is 22.7 Å². The zero-order chi connectivity index (χ0) is 63.2. The summed E-state index contributed by atoms with van der Waals surface area (Å²) >= 11 is 0. The van der Waals surface area contributed by atoms with Crippen LogP contribution in [0.25, 0.3) is 0 Å². The molecule has 0 N–H and O–H groups in total. The van der Waals surface area contributed by atoms with Gasteiger partial charge in [0.05, 0.1) is 32.7 Å². The maximum absolute atomic E-state index is 13.0. The number of aryl methyl sites for hydroxylation is 3. The Kier molecular flexibility index (Phi) is 20.8. The van der Waals surface area contributed by atoms with Crippen LogP contribution in [0.1, 0.15) is 102 Å². The molecule has 0 atom stereocenters. The zero-order valence-corrected chi connectivity index (χ0v) is 56.3. The van der Waals surface area contributed by atoms with Crippen molar-refractivity contribution in [3.05, 3.63) is 259 Å². The van der Waals surface area contributed by atoms with Gasteiger partial charge in [0, 0.05) is 12.1 Å². The normalized spacial score (nSPS) is 24.2. The van der Waals surface area contributed by atoms with Gasteiger partial charge in [-0.3, -0.25) is 0 Å². The molecule has 8 bridgehead atoms. The number of hydrogen-bond donors (Lipinski definition) is 0. The second kappa shape index (κ2) is 29.5. The second-order valence-electron chi connectivity index (χ2n) is 27.0. The van der Waals surface area contributed by atoms with E-state index in [4.69, 9.17) is 18.9 Å². The van der Waals surface area contributed by atoms with E-state index in [0.29, 0.717) is 29.4 Å². The molecule has 0 heterocycles. The minimum Gasteiger partial charge on any atom is -0.482 e. The standard InChI is InChI=1S/C33H37O3S.C31H33O3S.C19H17S.CH4/c1-22-14-30(37(28-10-6-4-7-11-28)29-12-8-5-9-13-29)15-23(2)32(22)35-21-31(34)36-33(3)26-17-24-16-25(19-26)20-27(33)18-24;1-31(24-17-22-16-23(19-24)20-25(31)18-22)34-30(32)21-33-26-12-14-29(15-13-26)35(27-8-4-2-5-9-27)28-10-6-3-7-11-28;1-16-12-14-19(15-13-16)20(17-8-4-2-5-9-17)18-10-6-3-7-11-18;/h4-15,24-27H,16-21H2,1-3H3;2-15,22-25H,16-21H2,1H3;2-15H,1H3;1H4/q3*+1;. The minimum atomic E-state index is -0.318. The molecule has 93 heavy (non-hydrogen) atoms. The van der Waals surface area contributed by atoms with Gasteiger partial charge in [-0.15, -0.1) is 0 Å². The number of esters is 2. The lowest BCUT2D eigenvalue weighted by Crippen LogP contribution is -2.58. The molecule has 0 aromatic heterocycles. The van der Waals surface area contributed by atoms with E-state index in [-0.39, 0.29) is 76.5 Å². The topological polar surface area (TPSA) is 71.1 Å². The summed E-state index contributed by atoms with van der Waals surface area (Å²) in [5.74, 6) is 6.53. The Labute approximate surface area is 562 Å². The number of hydrogen-bond acceptors (Lipinski definition) is 6. The van der Waals surface area contributed by atoms with Gasteiger partial charge in [-0.25, -0.2) is 9.59 Å². The van der Waals surface area contributed by atoms with Crippen molar-refractivity contribution in [2.75, 3.05) is 13.2 Å². The van der Waals surface area contributed by atoms with Gasteiger partial charge in [-0.1, -0.05) is 134 Å². The molecule has 9 aromatic carbocycles. The Hall–Kier alpha value is -7.43. The highest BCUT2D eigenvalue weighted by atomic mass is 32.2. The van der Waals surface area contributed by atoms with Crippen molar-refractivity contribution in [1.29, 1.82) is 0 Å². The molecule has 6 nitrogen and oxygen atoms in total. The number of carbonyl (C=O) groups excluding carboxylic acids is 2. The van der Waals surface area contributed by atoms with Crippen LogP contribution in [0.4, 0.5) is 0 Å². The molecule has 0 unspecified atom stereocenters. The number of benzene rings is 9. The van der Waals surface area contributed by atoms with E-state index in [1.165, 1.54) is 114 Å². The Bertz CT molecular complexity index is 3690. The van der Waals surface area contributed by atoms with Crippen molar-refractivity contribution in [1.82, 2.24) is 0 Å². The van der Waals surface area contributed by atoms with Crippen LogP contribution in [0.3, 0.4) is 0 Å². The predicted octanol–water partition coefficient (Wildman–Crippen LogP) is 20.2. The van der Waals surface area contributed by atoms with Crippen LogP contribution < -0.4 is 9.47 Å². The van der Waals surface area contributed by atoms with Crippen molar-refractivity contribution in [2.45, 2.75) is 162 Å². The van der Waals surface area contributed by atoms with Crippen molar-refractivity contribution in [2.24, 2.45) is 47.3 Å². The van der Waals surface area contributed by atoms with E-state index in [9.17, 15) is 9.59 Å². The van der Waals surface area contributed by atoms with E-state index in [1.807, 2.05) is 12.1 Å². The van der Waals surface area contributed by atoms with Crippen LogP contribution in [0.15, 0.2) is 287 Å². The summed E-state index contributed by atoms with van der Waals surface area (Å²) in [5, 5.41) is 0. The number of carbonyl (C=O) groups is 2. The first kappa shape index (κ1) is 65.6. The molecule has 9 heteroatoms. The lowest BCUT2D eigenvalue weighted by Gasteiger charge is -2.59. The largest absolute Gasteiger partial charge is 0.482 e. The number of rotatable bonds is 17. The fourth-order valence-electron chi connectivity index (χ4n) is 16.6. The van der Waals surface area contributed by atoms with Gasteiger partial charge >= 0.3 is 11.9 Å². The average Bonchev–Trinajstić information content (AvgIpc) is 0.860. The summed E-state index contributed by atoms with van der Waals surface area (Å²) in [4.78, 5) is 37.5. The van der Waals surface area contributed by atoms with E-state index < -0.39 is 0 Å². The quantitative estimate of drug-likeness (QED) is 0.0668. The molecule has 8 aliphatic rings. The lowest BCUT2D eigenvalue weighted by molar-refractivity contribution is -0.205. The Morgan fingerprint density at radius 2 is 0.602 bits per heavy atom. The molecule has 8 saturated carbocycles. The summed E-state index contributed by atoms with van der Waals surface area (Å²) in [7, 11) is -0.435. The van der Waals surface area contributed by atoms with Gasteiger partial charge in [0.25, 0.3) is 0 Å². The first-order valence-corrected chi connectivity index (χ1v) is 37.0. The SMILES string of the molecule is C.CC1(OC(=O)COc2ccc([S+](c3ccccc3)c3ccccc3)cc2)C2CC3CC(C2)CC1C3.Cc1cc([S+](c2ccccc2)c2ccccc2)cc(C)c1OCC(=O)OC1(C)C2CC3CC(C2)CC1C3.Cc1ccc([S+](c2ccccc2)c2ccccc2)cc1. The molecule has 0 aliphatic heterocycles. The fraction of sp³-hybridized carbons (Fsp3) is 0.333. The monoisotopic (exact) mass is 1290 g/mol. The average molecular weight is 1290 g/mol. The molecule has 0 radical (unpaired) electrons. The van der Waals surface area contributed by atoms with E-state index >= 15 is 0 Å². The lowest BCUT2D eigenvalue weighted by atomic mass is 9.50. The van der Waals surface area contributed by atoms with Gasteiger partial charge in [-0.2, -0.15) is 0 Å². The summed E-state index contributed by atoms with van der Waals surface area (Å²) in [6, 6.07) is 85.5. The van der Waals surface area contributed by atoms with Gasteiger partial charge in [0.2, 0.25) is 0 Å². The summed E-state index contributed by atoms with van der Waals surface area (Å²) in [6.45, 7) is 10.6. The van der Waals surface area contributed by atoms with E-state index in [0.717, 1.165) is 40.5 Å². The minimum absolute atomic E-state index is 0. The molecule has 0 amide bonds. The molecule has 8 fully saturated rings. The van der Waals surface area contributed by atoms with Crippen molar-refractivity contribution >= 4 is 44.6 Å². The smallest absolute Gasteiger partial charge is 0.344 e.